The van der Waals surface area contributed by atoms with Crippen LogP contribution in [-0.2, 0) is 6.42 Å². The second kappa shape index (κ2) is 5.34. The number of thiophene rings is 1. The molecular weight excluding hydrogens is 232 g/mol. The maximum Gasteiger partial charge on any atom is 0.135 e. The molecule has 1 heterocycles. The van der Waals surface area contributed by atoms with Crippen LogP contribution in [0.1, 0.15) is 22.1 Å². The van der Waals surface area contributed by atoms with Crippen LogP contribution in [0.4, 0.5) is 0 Å². The van der Waals surface area contributed by atoms with Gasteiger partial charge in [-0.25, -0.2) is 0 Å². The van der Waals surface area contributed by atoms with Crippen molar-refractivity contribution in [2.45, 2.75) is 19.4 Å². The lowest BCUT2D eigenvalue weighted by Crippen LogP contribution is -2.01. The summed E-state index contributed by atoms with van der Waals surface area (Å²) in [4.78, 5) is 0.896. The molecule has 0 amide bonds. The summed E-state index contributed by atoms with van der Waals surface area (Å²) in [6.45, 7) is 2.06. The Morgan fingerprint density at radius 2 is 1.94 bits per heavy atom. The molecule has 3 heteroatoms. The van der Waals surface area contributed by atoms with E-state index < -0.39 is 6.10 Å². The first-order chi connectivity index (χ1) is 8.20. The van der Waals surface area contributed by atoms with Gasteiger partial charge >= 0.3 is 0 Å². The number of hydrogen-bond donors (Lipinski definition) is 1. The van der Waals surface area contributed by atoms with E-state index >= 15 is 0 Å². The van der Waals surface area contributed by atoms with Crippen molar-refractivity contribution >= 4 is 11.3 Å². The van der Waals surface area contributed by atoms with E-state index in [9.17, 15) is 5.11 Å². The van der Waals surface area contributed by atoms with Crippen LogP contribution in [0.25, 0.3) is 0 Å². The second-order valence-corrected chi connectivity index (χ2v) is 5.01. The molecule has 2 nitrogen and oxygen atoms in total. The van der Waals surface area contributed by atoms with Gasteiger partial charge in [0.25, 0.3) is 0 Å². The van der Waals surface area contributed by atoms with E-state index in [1.54, 1.807) is 7.11 Å². The van der Waals surface area contributed by atoms with E-state index in [2.05, 4.69) is 31.2 Å². The highest BCUT2D eigenvalue weighted by atomic mass is 32.1. The number of aryl methyl sites for hydroxylation is 1. The maximum atomic E-state index is 10.2. The van der Waals surface area contributed by atoms with Gasteiger partial charge < -0.3 is 9.84 Å². The highest BCUT2D eigenvalue weighted by molar-refractivity contribution is 7.10. The van der Waals surface area contributed by atoms with Crippen molar-refractivity contribution in [3.63, 3.8) is 0 Å². The lowest BCUT2D eigenvalue weighted by atomic mass is 10.1. The molecule has 17 heavy (non-hydrogen) atoms. The van der Waals surface area contributed by atoms with Crippen molar-refractivity contribution < 1.29 is 9.84 Å². The number of aliphatic hydroxyl groups is 1. The van der Waals surface area contributed by atoms with Crippen LogP contribution in [0.2, 0.25) is 0 Å². The summed E-state index contributed by atoms with van der Waals surface area (Å²) in [6, 6.07) is 10.1. The van der Waals surface area contributed by atoms with Crippen molar-refractivity contribution in [3.8, 4) is 5.75 Å². The van der Waals surface area contributed by atoms with Gasteiger partial charge in [0.05, 0.1) is 18.1 Å². The van der Waals surface area contributed by atoms with Crippen molar-refractivity contribution in [1.29, 1.82) is 0 Å². The van der Waals surface area contributed by atoms with Gasteiger partial charge in [-0.15, -0.1) is 11.3 Å². The third-order valence-corrected chi connectivity index (χ3v) is 3.73. The minimum Gasteiger partial charge on any atom is -0.495 e. The third-order valence-electron chi connectivity index (χ3n) is 2.73. The van der Waals surface area contributed by atoms with Crippen LogP contribution < -0.4 is 4.74 Å². The summed E-state index contributed by atoms with van der Waals surface area (Å²) in [5.41, 5.74) is 2.37. The predicted octanol–water partition coefficient (Wildman–Crippen LogP) is 3.34. The fraction of sp³-hybridized carbons (Fsp3) is 0.286. The van der Waals surface area contributed by atoms with Gasteiger partial charge in [0.2, 0.25) is 0 Å². The molecular formula is C14H16O2S. The number of methoxy groups -OCH3 is 1. The molecule has 2 rings (SSSR count). The highest BCUT2D eigenvalue weighted by Gasteiger charge is 2.15. The van der Waals surface area contributed by atoms with Crippen LogP contribution in [0.5, 0.6) is 5.75 Å². The predicted molar refractivity (Wildman–Crippen MR) is 70.7 cm³/mol. The number of benzene rings is 1. The molecule has 0 aliphatic carbocycles. The van der Waals surface area contributed by atoms with Crippen LogP contribution in [0.3, 0.4) is 0 Å². The molecule has 0 fully saturated rings. The Morgan fingerprint density at radius 3 is 2.59 bits per heavy atom. The van der Waals surface area contributed by atoms with Crippen LogP contribution in [0, 0.1) is 6.92 Å². The first-order valence-electron chi connectivity index (χ1n) is 5.55. The topological polar surface area (TPSA) is 29.5 Å². The Hall–Kier alpha value is -1.32. The van der Waals surface area contributed by atoms with E-state index in [4.69, 9.17) is 4.74 Å². The molecule has 0 aliphatic rings. The molecule has 0 saturated carbocycles. The Kier molecular flexibility index (Phi) is 3.82. The molecule has 0 radical (unpaired) electrons. The molecule has 1 unspecified atom stereocenters. The van der Waals surface area contributed by atoms with E-state index in [-0.39, 0.29) is 0 Å². The second-order valence-electron chi connectivity index (χ2n) is 4.06. The number of rotatable bonds is 4. The quantitative estimate of drug-likeness (QED) is 0.899. The SMILES string of the molecule is COc1ccsc1C(O)Cc1ccc(C)cc1. The van der Waals surface area contributed by atoms with E-state index in [1.807, 2.05) is 11.4 Å². The fourth-order valence-electron chi connectivity index (χ4n) is 1.76. The summed E-state index contributed by atoms with van der Waals surface area (Å²) >= 11 is 1.53. The minimum absolute atomic E-state index is 0.493. The number of aliphatic hydroxyl groups excluding tert-OH is 1. The Labute approximate surface area is 105 Å². The van der Waals surface area contributed by atoms with Gasteiger partial charge in [-0.3, -0.25) is 0 Å². The zero-order chi connectivity index (χ0) is 12.3. The largest absolute Gasteiger partial charge is 0.495 e. The molecule has 1 aromatic carbocycles. The highest BCUT2D eigenvalue weighted by Crippen LogP contribution is 2.32. The smallest absolute Gasteiger partial charge is 0.135 e. The fourth-order valence-corrected chi connectivity index (χ4v) is 2.61. The van der Waals surface area contributed by atoms with Crippen LogP contribution in [-0.4, -0.2) is 12.2 Å². The van der Waals surface area contributed by atoms with Gasteiger partial charge in [0, 0.05) is 6.42 Å². The summed E-state index contributed by atoms with van der Waals surface area (Å²) in [6.07, 6.45) is 0.129. The van der Waals surface area contributed by atoms with Crippen molar-refractivity contribution in [2.24, 2.45) is 0 Å². The monoisotopic (exact) mass is 248 g/mol. The molecule has 0 aliphatic heterocycles. The van der Waals surface area contributed by atoms with Crippen molar-refractivity contribution in [3.05, 3.63) is 51.7 Å². The van der Waals surface area contributed by atoms with E-state index in [1.165, 1.54) is 16.9 Å². The standard InChI is InChI=1S/C14H16O2S/c1-10-3-5-11(6-4-10)9-12(15)14-13(16-2)7-8-17-14/h3-8,12,15H,9H2,1-2H3. The normalized spacial score (nSPS) is 12.4. The van der Waals surface area contributed by atoms with Crippen molar-refractivity contribution in [2.75, 3.05) is 7.11 Å². The summed E-state index contributed by atoms with van der Waals surface area (Å²) < 4.78 is 5.21. The lowest BCUT2D eigenvalue weighted by molar-refractivity contribution is 0.178. The number of ether oxygens (including phenoxy) is 1. The Morgan fingerprint density at radius 1 is 1.24 bits per heavy atom. The van der Waals surface area contributed by atoms with Crippen LogP contribution in [0.15, 0.2) is 35.7 Å². The third kappa shape index (κ3) is 2.87. The van der Waals surface area contributed by atoms with Crippen LogP contribution >= 0.6 is 11.3 Å². The number of hydrogen-bond acceptors (Lipinski definition) is 3. The molecule has 1 atom stereocenters. The molecule has 2 aromatic rings. The van der Waals surface area contributed by atoms with Gasteiger partial charge in [0.1, 0.15) is 5.75 Å². The lowest BCUT2D eigenvalue weighted by Gasteiger charge is -2.11. The summed E-state index contributed by atoms with van der Waals surface area (Å²) in [7, 11) is 1.63. The Balaban J connectivity index is 2.11. The molecule has 1 N–H and O–H groups in total. The van der Waals surface area contributed by atoms with Gasteiger partial charge in [0.15, 0.2) is 0 Å². The first-order valence-corrected chi connectivity index (χ1v) is 6.43. The Bertz CT molecular complexity index is 473. The molecule has 1 aromatic heterocycles. The minimum atomic E-state index is -0.493. The zero-order valence-corrected chi connectivity index (χ0v) is 10.8. The average molecular weight is 248 g/mol. The van der Waals surface area contributed by atoms with Crippen molar-refractivity contribution in [1.82, 2.24) is 0 Å². The zero-order valence-electron chi connectivity index (χ0n) is 10.0. The average Bonchev–Trinajstić information content (AvgIpc) is 2.80. The molecule has 90 valence electrons. The summed E-state index contributed by atoms with van der Waals surface area (Å²) in [5, 5.41) is 12.1. The van der Waals surface area contributed by atoms with Gasteiger partial charge in [-0.2, -0.15) is 0 Å². The molecule has 0 bridgehead atoms. The van der Waals surface area contributed by atoms with E-state index in [0.717, 1.165) is 16.2 Å². The maximum absolute atomic E-state index is 10.2. The molecule has 0 spiro atoms. The van der Waals surface area contributed by atoms with Gasteiger partial charge in [-0.1, -0.05) is 29.8 Å². The van der Waals surface area contributed by atoms with Gasteiger partial charge in [-0.05, 0) is 23.9 Å². The molecule has 0 saturated heterocycles. The van der Waals surface area contributed by atoms with E-state index in [0.29, 0.717) is 6.42 Å². The summed E-state index contributed by atoms with van der Waals surface area (Å²) in [5.74, 6) is 0.773. The first kappa shape index (κ1) is 12.1.